The topological polar surface area (TPSA) is 45.6 Å². The second-order valence-corrected chi connectivity index (χ2v) is 4.72. The van der Waals surface area contributed by atoms with Gasteiger partial charge in [-0.25, -0.2) is 4.98 Å². The van der Waals surface area contributed by atoms with Gasteiger partial charge < -0.3 is 4.90 Å². The molecule has 2 rings (SSSR count). The minimum atomic E-state index is -0.596. The third kappa shape index (κ3) is 4.21. The van der Waals surface area contributed by atoms with E-state index in [1.165, 1.54) is 18.3 Å². The van der Waals surface area contributed by atoms with Gasteiger partial charge in [0, 0.05) is 44.2 Å². The van der Waals surface area contributed by atoms with Gasteiger partial charge in [-0.3, -0.25) is 9.79 Å². The van der Waals surface area contributed by atoms with Crippen LogP contribution in [0.3, 0.4) is 0 Å². The Morgan fingerprint density at radius 3 is 2.52 bits per heavy atom. The zero-order valence-electron chi connectivity index (χ0n) is 12.0. The molecule has 0 saturated heterocycles. The monoisotopic (exact) mass is 284 g/mol. The second-order valence-electron chi connectivity index (χ2n) is 4.72. The van der Waals surface area contributed by atoms with Gasteiger partial charge in [-0.1, -0.05) is 0 Å². The summed E-state index contributed by atoms with van der Waals surface area (Å²) in [4.78, 5) is 21.5. The van der Waals surface area contributed by atoms with Crippen LogP contribution >= 0.6 is 0 Å². The zero-order valence-corrected chi connectivity index (χ0v) is 12.0. The average molecular weight is 284 g/mol. The highest BCUT2D eigenvalue weighted by atomic mass is 18.2. The van der Waals surface area contributed by atoms with Gasteiger partial charge in [0.05, 0.1) is 5.69 Å². The summed E-state index contributed by atoms with van der Waals surface area (Å²) < 4.78 is 12.7. The van der Waals surface area contributed by atoms with Gasteiger partial charge in [0.25, 0.3) is 0 Å². The highest BCUT2D eigenvalue weighted by Crippen LogP contribution is 2.17. The zero-order chi connectivity index (χ0) is 15.2. The van der Waals surface area contributed by atoms with Crippen LogP contribution in [-0.2, 0) is 0 Å². The number of ketones is 1. The third-order valence-electron chi connectivity index (χ3n) is 2.93. The van der Waals surface area contributed by atoms with Crippen LogP contribution in [0.25, 0.3) is 0 Å². The summed E-state index contributed by atoms with van der Waals surface area (Å²) in [5.41, 5.74) is 2.25. The Balaban J connectivity index is 1.95. The van der Waals surface area contributed by atoms with Gasteiger partial charge >= 0.3 is 0 Å². The highest BCUT2D eigenvalue weighted by Gasteiger charge is 2.04. The lowest BCUT2D eigenvalue weighted by Gasteiger charge is -2.11. The summed E-state index contributed by atoms with van der Waals surface area (Å²) in [5.74, 6) is -0.739. The summed E-state index contributed by atoms with van der Waals surface area (Å²) in [6, 6.07) is 10.3. The van der Waals surface area contributed by atoms with Gasteiger partial charge in [-0.15, -0.1) is 0 Å². The fourth-order valence-electron chi connectivity index (χ4n) is 1.73. The number of Topliss-reactive ketones (excluding diaryl/α,β-unsaturated/α-hetero) is 1. The molecule has 0 amide bonds. The molecule has 21 heavy (non-hydrogen) atoms. The number of hydrogen-bond donors (Lipinski definition) is 0. The maximum absolute atomic E-state index is 12.7. The van der Waals surface area contributed by atoms with E-state index in [1.54, 1.807) is 6.21 Å². The molecule has 0 bridgehead atoms. The first-order valence-electron chi connectivity index (χ1n) is 6.51. The molecule has 0 atom stereocenters. The maximum Gasteiger partial charge on any atom is 0.212 e. The number of carbonyl (C=O) groups is 1. The Morgan fingerprint density at radius 1 is 1.24 bits per heavy atom. The van der Waals surface area contributed by atoms with Crippen molar-refractivity contribution < 1.29 is 9.18 Å². The van der Waals surface area contributed by atoms with Crippen LogP contribution in [0, 0.1) is 5.95 Å². The number of hydrogen-bond acceptors (Lipinski definition) is 4. The number of anilines is 1. The number of rotatable bonds is 5. The van der Waals surface area contributed by atoms with Crippen LogP contribution in [0.2, 0.25) is 0 Å². The minimum absolute atomic E-state index is 0.142. The quantitative estimate of drug-likeness (QED) is 0.481. The molecule has 1 aromatic carbocycles. The lowest BCUT2D eigenvalue weighted by Crippen LogP contribution is -2.07. The van der Waals surface area contributed by atoms with Crippen molar-refractivity contribution in [2.75, 3.05) is 19.0 Å². The highest BCUT2D eigenvalue weighted by molar-refractivity contribution is 6.03. The molecule has 4 nitrogen and oxygen atoms in total. The van der Waals surface area contributed by atoms with Crippen molar-refractivity contribution >= 4 is 23.4 Å². The molecule has 0 aliphatic rings. The summed E-state index contributed by atoms with van der Waals surface area (Å²) >= 11 is 0. The normalized spacial score (nSPS) is 10.8. The predicted octanol–water partition coefficient (Wildman–Crippen LogP) is 3.26. The Kier molecular flexibility index (Phi) is 4.77. The first-order valence-corrected chi connectivity index (χ1v) is 6.51. The van der Waals surface area contributed by atoms with E-state index in [0.717, 1.165) is 11.4 Å². The van der Waals surface area contributed by atoms with E-state index in [-0.39, 0.29) is 12.2 Å². The number of aliphatic imine (C=N–C) groups is 1. The largest absolute Gasteiger partial charge is 0.378 e. The van der Waals surface area contributed by atoms with Crippen LogP contribution in [0.1, 0.15) is 16.8 Å². The van der Waals surface area contributed by atoms with Crippen LogP contribution in [0.4, 0.5) is 15.8 Å². The van der Waals surface area contributed by atoms with E-state index in [2.05, 4.69) is 9.98 Å². The lowest BCUT2D eigenvalue weighted by molar-refractivity contribution is 0.100. The second kappa shape index (κ2) is 6.74. The molecule has 0 aliphatic heterocycles. The smallest absolute Gasteiger partial charge is 0.212 e. The van der Waals surface area contributed by atoms with E-state index in [9.17, 15) is 9.18 Å². The Labute approximate surface area is 123 Å². The molecule has 0 spiro atoms. The molecule has 1 aromatic heterocycles. The van der Waals surface area contributed by atoms with Crippen LogP contribution in [-0.4, -0.2) is 31.1 Å². The van der Waals surface area contributed by atoms with Crippen LogP contribution in [0.5, 0.6) is 0 Å². The van der Waals surface area contributed by atoms with Gasteiger partial charge in [-0.2, -0.15) is 4.39 Å². The molecule has 0 N–H and O–H groups in total. The number of nitrogens with zero attached hydrogens (tertiary/aromatic N) is 3. The molecular weight excluding hydrogens is 268 g/mol. The molecule has 0 radical (unpaired) electrons. The van der Waals surface area contributed by atoms with Crippen molar-refractivity contribution in [3.8, 4) is 0 Å². The van der Waals surface area contributed by atoms with Crippen molar-refractivity contribution in [1.29, 1.82) is 0 Å². The van der Waals surface area contributed by atoms with Crippen LogP contribution < -0.4 is 4.90 Å². The fourth-order valence-corrected chi connectivity index (χ4v) is 1.73. The van der Waals surface area contributed by atoms with E-state index >= 15 is 0 Å². The molecular formula is C16H16FN3O. The Bertz CT molecular complexity index is 634. The number of carbonyl (C=O) groups excluding carboxylic acids is 1. The number of aromatic nitrogens is 1. The molecule has 1 heterocycles. The van der Waals surface area contributed by atoms with E-state index < -0.39 is 5.95 Å². The van der Waals surface area contributed by atoms with Gasteiger partial charge in [0.15, 0.2) is 5.78 Å². The summed E-state index contributed by atoms with van der Waals surface area (Å²) in [6.45, 7) is 0. The van der Waals surface area contributed by atoms with Gasteiger partial charge in [0.2, 0.25) is 5.95 Å². The van der Waals surface area contributed by atoms with Crippen molar-refractivity contribution in [3.05, 3.63) is 54.1 Å². The van der Waals surface area contributed by atoms with Crippen molar-refractivity contribution in [2.24, 2.45) is 4.99 Å². The first kappa shape index (κ1) is 14.8. The predicted molar refractivity (Wildman–Crippen MR) is 82.1 cm³/mol. The first-order chi connectivity index (χ1) is 10.1. The summed E-state index contributed by atoms with van der Waals surface area (Å²) in [7, 11) is 3.93. The van der Waals surface area contributed by atoms with Crippen molar-refractivity contribution in [1.82, 2.24) is 4.98 Å². The molecule has 5 heteroatoms. The maximum atomic E-state index is 12.7. The van der Waals surface area contributed by atoms with E-state index in [0.29, 0.717) is 5.56 Å². The number of pyridine rings is 1. The molecule has 0 fully saturated rings. The molecule has 108 valence electrons. The average Bonchev–Trinajstić information content (AvgIpc) is 2.48. The molecule has 0 unspecified atom stereocenters. The SMILES string of the molecule is CN(C)c1ccc(N=CCC(=O)c2ccc([18F])nc2)cc1. The van der Waals surface area contributed by atoms with Gasteiger partial charge in [-0.05, 0) is 36.4 Å². The lowest BCUT2D eigenvalue weighted by atomic mass is 10.1. The molecule has 0 aliphatic carbocycles. The molecule has 0 saturated carbocycles. The van der Waals surface area contributed by atoms with E-state index in [1.807, 2.05) is 43.3 Å². The fraction of sp³-hybridized carbons (Fsp3) is 0.188. The number of halogens is 1. The van der Waals surface area contributed by atoms with Crippen molar-refractivity contribution in [2.45, 2.75) is 6.42 Å². The summed E-state index contributed by atoms with van der Waals surface area (Å²) in [6.07, 6.45) is 2.94. The minimum Gasteiger partial charge on any atom is -0.378 e. The standard InChI is InChI=1S/C16H16FN3O/c1-20(2)14-6-4-13(5-7-14)18-10-9-15(21)12-3-8-16(17)19-11-12/h3-8,10-11H,9H2,1-2H3/i17-1. The van der Waals surface area contributed by atoms with Gasteiger partial charge in [0.1, 0.15) is 0 Å². The number of benzene rings is 1. The third-order valence-corrected chi connectivity index (χ3v) is 2.93. The van der Waals surface area contributed by atoms with Crippen molar-refractivity contribution in [3.63, 3.8) is 0 Å². The Morgan fingerprint density at radius 2 is 1.95 bits per heavy atom. The molecule has 2 aromatic rings. The Hall–Kier alpha value is -2.56. The van der Waals surface area contributed by atoms with Crippen LogP contribution in [0.15, 0.2) is 47.6 Å². The van der Waals surface area contributed by atoms with E-state index in [4.69, 9.17) is 0 Å². The summed E-state index contributed by atoms with van der Waals surface area (Å²) in [5, 5.41) is 0.